The number of aromatic nitrogens is 1. The zero-order chi connectivity index (χ0) is 30.1. The predicted octanol–water partition coefficient (Wildman–Crippen LogP) is 4.60. The maximum absolute atomic E-state index is 12.8. The van der Waals surface area contributed by atoms with Crippen molar-refractivity contribution in [1.29, 1.82) is 0 Å². The first-order valence-electron chi connectivity index (χ1n) is 12.9. The second kappa shape index (κ2) is 14.3. The van der Waals surface area contributed by atoms with Crippen molar-refractivity contribution in [2.45, 2.75) is 86.0 Å². The summed E-state index contributed by atoms with van der Waals surface area (Å²) in [6, 6.07) is -0.336. The van der Waals surface area contributed by atoms with Crippen LogP contribution in [0, 0.1) is 29.6 Å². The van der Waals surface area contributed by atoms with Crippen LogP contribution in [0.4, 0.5) is 4.79 Å². The summed E-state index contributed by atoms with van der Waals surface area (Å²) in [4.78, 5) is 55.8. The van der Waals surface area contributed by atoms with E-state index in [1.165, 1.54) is 30.3 Å². The highest BCUT2D eigenvalue weighted by atomic mass is 32.1. The molecular formula is C28H43N3O7S. The summed E-state index contributed by atoms with van der Waals surface area (Å²) in [5.41, 5.74) is -1.68. The molecule has 0 aromatic carbocycles. The summed E-state index contributed by atoms with van der Waals surface area (Å²) in [5, 5.41) is 4.75. The van der Waals surface area contributed by atoms with Crippen LogP contribution in [-0.4, -0.2) is 66.2 Å². The van der Waals surface area contributed by atoms with Crippen LogP contribution in [0.15, 0.2) is 5.38 Å². The Balaban J connectivity index is 3.07. The van der Waals surface area contributed by atoms with E-state index in [-0.39, 0.29) is 43.0 Å². The number of carbonyl (C=O) groups excluding carboxylic acids is 4. The van der Waals surface area contributed by atoms with E-state index in [0.717, 1.165) is 0 Å². The lowest BCUT2D eigenvalue weighted by molar-refractivity contribution is -0.152. The Morgan fingerprint density at radius 3 is 2.26 bits per heavy atom. The van der Waals surface area contributed by atoms with Crippen molar-refractivity contribution in [1.82, 2.24) is 15.2 Å². The molecule has 0 aliphatic heterocycles. The molecule has 2 amide bonds. The Morgan fingerprint density at radius 2 is 1.79 bits per heavy atom. The summed E-state index contributed by atoms with van der Waals surface area (Å²) in [5.74, 6) is 0.874. The Morgan fingerprint density at radius 1 is 1.18 bits per heavy atom. The van der Waals surface area contributed by atoms with Gasteiger partial charge in [-0.25, -0.2) is 9.78 Å². The number of nitrogens with zero attached hydrogens (tertiary/aromatic N) is 2. The summed E-state index contributed by atoms with van der Waals surface area (Å²) in [6.07, 6.45) is 4.87. The van der Waals surface area contributed by atoms with Gasteiger partial charge in [0.15, 0.2) is 6.10 Å². The molecule has 0 saturated carbocycles. The average molecular weight is 566 g/mol. The van der Waals surface area contributed by atoms with Crippen molar-refractivity contribution in [2.24, 2.45) is 17.3 Å². The molecule has 3 atom stereocenters. The number of terminal acetylenes is 1. The normalized spacial score (nSPS) is 14.5. The number of amides is 2. The van der Waals surface area contributed by atoms with Gasteiger partial charge in [-0.1, -0.05) is 33.6 Å². The zero-order valence-corrected chi connectivity index (χ0v) is 25.6. The number of hydrogen-bond acceptors (Lipinski definition) is 9. The third-order valence-electron chi connectivity index (χ3n) is 6.34. The van der Waals surface area contributed by atoms with Crippen LogP contribution in [-0.2, 0) is 23.8 Å². The fourth-order valence-electron chi connectivity index (χ4n) is 4.08. The zero-order valence-electron chi connectivity index (χ0n) is 24.7. The molecule has 1 aromatic heterocycles. The lowest BCUT2D eigenvalue weighted by atomic mass is 9.75. The van der Waals surface area contributed by atoms with Crippen LogP contribution in [0.2, 0.25) is 0 Å². The lowest BCUT2D eigenvalue weighted by Crippen LogP contribution is -2.44. The van der Waals surface area contributed by atoms with Gasteiger partial charge in [0.05, 0.1) is 7.11 Å². The largest absolute Gasteiger partial charge is 0.468 e. The van der Waals surface area contributed by atoms with E-state index < -0.39 is 41.1 Å². The molecule has 218 valence electrons. The third kappa shape index (κ3) is 9.53. The minimum atomic E-state index is -1.16. The number of rotatable bonds is 12. The smallest absolute Gasteiger partial charge is 0.410 e. The number of methoxy groups -OCH3 is 1. The Labute approximate surface area is 236 Å². The van der Waals surface area contributed by atoms with Gasteiger partial charge in [-0.2, -0.15) is 0 Å². The van der Waals surface area contributed by atoms with Crippen LogP contribution >= 0.6 is 11.3 Å². The molecule has 1 rings (SSSR count). The standard InChI is InChI=1S/C28H43N3O7S/c1-12-28(18(4)5,25(34)36-11)13-14-29-23(33)20-16-39-24(30-20)22(37-19(6)32)15-21(17(2)3)31(10)26(35)38-27(7,8)9/h1,16-18,21-22H,13-15H2,2-11H3,(H,29,33). The molecule has 1 aromatic rings. The molecule has 0 fully saturated rings. The molecular weight excluding hydrogens is 522 g/mol. The van der Waals surface area contributed by atoms with Crippen molar-refractivity contribution < 1.29 is 33.4 Å². The van der Waals surface area contributed by atoms with Crippen LogP contribution in [0.5, 0.6) is 0 Å². The van der Waals surface area contributed by atoms with Gasteiger partial charge in [-0.05, 0) is 39.0 Å². The Kier molecular flexibility index (Phi) is 12.4. The quantitative estimate of drug-likeness (QED) is 0.222. The van der Waals surface area contributed by atoms with Gasteiger partial charge in [-0.15, -0.1) is 17.8 Å². The average Bonchev–Trinajstić information content (AvgIpc) is 3.32. The first kappa shape index (κ1) is 33.9. The van der Waals surface area contributed by atoms with Gasteiger partial charge in [0, 0.05) is 38.4 Å². The van der Waals surface area contributed by atoms with Crippen LogP contribution < -0.4 is 5.32 Å². The fourth-order valence-corrected chi connectivity index (χ4v) is 4.91. The Bertz CT molecular complexity index is 1050. The van der Waals surface area contributed by atoms with Crippen LogP contribution in [0.25, 0.3) is 0 Å². The molecule has 0 bridgehead atoms. The number of esters is 2. The van der Waals surface area contributed by atoms with Crippen LogP contribution in [0.3, 0.4) is 0 Å². The summed E-state index contributed by atoms with van der Waals surface area (Å²) in [6.45, 7) is 14.4. The van der Waals surface area contributed by atoms with E-state index in [9.17, 15) is 19.2 Å². The molecule has 0 saturated heterocycles. The maximum Gasteiger partial charge on any atom is 0.410 e. The van der Waals surface area contributed by atoms with E-state index in [1.54, 1.807) is 33.2 Å². The first-order chi connectivity index (χ1) is 18.0. The monoisotopic (exact) mass is 565 g/mol. The number of thiazole rings is 1. The second-order valence-electron chi connectivity index (χ2n) is 11.1. The lowest BCUT2D eigenvalue weighted by Gasteiger charge is -2.34. The molecule has 1 N–H and O–H groups in total. The molecule has 10 nitrogen and oxygen atoms in total. The van der Waals surface area contributed by atoms with Crippen molar-refractivity contribution in [3.63, 3.8) is 0 Å². The molecule has 0 aliphatic carbocycles. The van der Waals surface area contributed by atoms with Crippen molar-refractivity contribution in [3.05, 3.63) is 16.1 Å². The molecule has 11 heteroatoms. The van der Waals surface area contributed by atoms with E-state index >= 15 is 0 Å². The Hall–Kier alpha value is -3.13. The van der Waals surface area contributed by atoms with Gasteiger partial charge in [-0.3, -0.25) is 14.4 Å². The minimum absolute atomic E-state index is 0.00972. The highest BCUT2D eigenvalue weighted by molar-refractivity contribution is 7.09. The summed E-state index contributed by atoms with van der Waals surface area (Å²) >= 11 is 1.18. The van der Waals surface area contributed by atoms with Gasteiger partial charge >= 0.3 is 18.0 Å². The molecule has 1 heterocycles. The number of nitrogens with one attached hydrogen (secondary N) is 1. The highest BCUT2D eigenvalue weighted by Gasteiger charge is 2.41. The summed E-state index contributed by atoms with van der Waals surface area (Å²) in [7, 11) is 2.92. The predicted molar refractivity (Wildman–Crippen MR) is 149 cm³/mol. The minimum Gasteiger partial charge on any atom is -0.468 e. The highest BCUT2D eigenvalue weighted by Crippen LogP contribution is 2.33. The van der Waals surface area contributed by atoms with Gasteiger partial charge < -0.3 is 24.4 Å². The maximum atomic E-state index is 12.8. The van der Waals surface area contributed by atoms with E-state index in [2.05, 4.69) is 16.2 Å². The number of carbonyl (C=O) groups is 4. The van der Waals surface area contributed by atoms with E-state index in [0.29, 0.717) is 5.01 Å². The molecule has 39 heavy (non-hydrogen) atoms. The van der Waals surface area contributed by atoms with Crippen molar-refractivity contribution >= 4 is 35.3 Å². The number of ether oxygens (including phenoxy) is 3. The summed E-state index contributed by atoms with van der Waals surface area (Å²) < 4.78 is 16.0. The third-order valence-corrected chi connectivity index (χ3v) is 7.28. The molecule has 0 spiro atoms. The van der Waals surface area contributed by atoms with Gasteiger partial charge in [0.1, 0.15) is 21.7 Å². The van der Waals surface area contributed by atoms with Crippen molar-refractivity contribution in [2.75, 3.05) is 20.7 Å². The first-order valence-corrected chi connectivity index (χ1v) is 13.8. The van der Waals surface area contributed by atoms with Crippen molar-refractivity contribution in [3.8, 4) is 12.3 Å². The molecule has 3 unspecified atom stereocenters. The second-order valence-corrected chi connectivity index (χ2v) is 12.0. The van der Waals surface area contributed by atoms with Gasteiger partial charge in [0.2, 0.25) is 0 Å². The number of hydrogen-bond donors (Lipinski definition) is 1. The fraction of sp³-hybridized carbons (Fsp3) is 0.679. The van der Waals surface area contributed by atoms with Crippen LogP contribution in [0.1, 0.15) is 89.8 Å². The topological polar surface area (TPSA) is 124 Å². The van der Waals surface area contributed by atoms with E-state index in [1.807, 2.05) is 27.7 Å². The van der Waals surface area contributed by atoms with E-state index in [4.69, 9.17) is 20.6 Å². The SMILES string of the molecule is C#CC(CCNC(=O)c1csc(C(CC(C(C)C)N(C)C(=O)OC(C)(C)C)OC(C)=O)n1)(C(=O)OC)C(C)C. The van der Waals surface area contributed by atoms with Gasteiger partial charge in [0.25, 0.3) is 5.91 Å². The molecule has 0 aliphatic rings. The molecule has 0 radical (unpaired) electrons.